The number of phenolic OH excluding ortho intramolecular Hbond substituents is 1. The minimum atomic E-state index is -0.536. The van der Waals surface area contributed by atoms with Gasteiger partial charge in [-0.25, -0.2) is 0 Å². The zero-order valence-corrected chi connectivity index (χ0v) is 11.5. The van der Waals surface area contributed by atoms with Crippen LogP contribution in [0.25, 0.3) is 0 Å². The van der Waals surface area contributed by atoms with Gasteiger partial charge in [-0.15, -0.1) is 0 Å². The van der Waals surface area contributed by atoms with Gasteiger partial charge in [0.25, 0.3) is 0 Å². The van der Waals surface area contributed by atoms with Gasteiger partial charge in [-0.3, -0.25) is 4.79 Å². The van der Waals surface area contributed by atoms with Crippen LogP contribution in [0.15, 0.2) is 24.3 Å². The van der Waals surface area contributed by atoms with E-state index in [4.69, 9.17) is 5.73 Å². The lowest BCUT2D eigenvalue weighted by Crippen LogP contribution is -2.42. The molecular formula is C15H22N2O2. The monoisotopic (exact) mass is 262 g/mol. The molecule has 0 spiro atoms. The van der Waals surface area contributed by atoms with Crippen molar-refractivity contribution in [2.75, 3.05) is 6.54 Å². The van der Waals surface area contributed by atoms with Crippen LogP contribution in [0.1, 0.15) is 25.8 Å². The van der Waals surface area contributed by atoms with Gasteiger partial charge >= 0.3 is 0 Å². The standard InChI is InChI=1S/C15H22N2O2/c1-15(2)8-11(15)9-17-14(19)13(16)7-10-3-5-12(18)6-4-10/h3-6,11,13,18H,7-9,16H2,1-2H3,(H,17,19)/t11?,13-/m0/s1. The fraction of sp³-hybridized carbons (Fsp3) is 0.533. The third-order valence-electron chi connectivity index (χ3n) is 3.97. The predicted molar refractivity (Wildman–Crippen MR) is 74.7 cm³/mol. The summed E-state index contributed by atoms with van der Waals surface area (Å²) in [5, 5.41) is 12.1. The normalized spacial score (nSPS) is 21.7. The summed E-state index contributed by atoms with van der Waals surface area (Å²) in [5.74, 6) is 0.700. The Labute approximate surface area is 114 Å². The topological polar surface area (TPSA) is 75.4 Å². The smallest absolute Gasteiger partial charge is 0.237 e. The van der Waals surface area contributed by atoms with Gasteiger partial charge < -0.3 is 16.2 Å². The molecule has 0 saturated heterocycles. The van der Waals surface area contributed by atoms with E-state index in [1.807, 2.05) is 0 Å². The SMILES string of the molecule is CC1(C)CC1CNC(=O)[C@@H](N)Cc1ccc(O)cc1. The zero-order valence-electron chi connectivity index (χ0n) is 11.5. The maximum Gasteiger partial charge on any atom is 0.237 e. The summed E-state index contributed by atoms with van der Waals surface area (Å²) >= 11 is 0. The Morgan fingerprint density at radius 1 is 1.47 bits per heavy atom. The molecule has 2 atom stereocenters. The molecule has 0 bridgehead atoms. The zero-order chi connectivity index (χ0) is 14.0. The van der Waals surface area contributed by atoms with Crippen molar-refractivity contribution < 1.29 is 9.90 Å². The number of phenols is 1. The van der Waals surface area contributed by atoms with Crippen LogP contribution in [-0.4, -0.2) is 23.6 Å². The van der Waals surface area contributed by atoms with Gasteiger partial charge in [0, 0.05) is 6.54 Å². The number of carbonyl (C=O) groups excluding carboxylic acids is 1. The number of nitrogens with two attached hydrogens (primary N) is 1. The van der Waals surface area contributed by atoms with E-state index in [9.17, 15) is 9.90 Å². The molecule has 0 aliphatic heterocycles. The van der Waals surface area contributed by atoms with Crippen LogP contribution in [-0.2, 0) is 11.2 Å². The highest BCUT2D eigenvalue weighted by Crippen LogP contribution is 2.50. The van der Waals surface area contributed by atoms with Gasteiger partial charge in [0.15, 0.2) is 0 Å². The second kappa shape index (κ2) is 5.21. The molecule has 19 heavy (non-hydrogen) atoms. The molecule has 1 aliphatic carbocycles. The molecule has 0 radical (unpaired) electrons. The van der Waals surface area contributed by atoms with Crippen LogP contribution in [0.4, 0.5) is 0 Å². The largest absolute Gasteiger partial charge is 0.508 e. The summed E-state index contributed by atoms with van der Waals surface area (Å²) in [5.41, 5.74) is 7.21. The van der Waals surface area contributed by atoms with Gasteiger partial charge in [0.05, 0.1) is 6.04 Å². The lowest BCUT2D eigenvalue weighted by molar-refractivity contribution is -0.122. The lowest BCUT2D eigenvalue weighted by Gasteiger charge is -2.13. The Balaban J connectivity index is 1.77. The van der Waals surface area contributed by atoms with Crippen molar-refractivity contribution in [3.63, 3.8) is 0 Å². The molecule has 4 nitrogen and oxygen atoms in total. The fourth-order valence-electron chi connectivity index (χ4n) is 2.26. The minimum absolute atomic E-state index is 0.101. The second-order valence-corrected chi connectivity index (χ2v) is 6.11. The highest BCUT2D eigenvalue weighted by atomic mass is 16.3. The summed E-state index contributed by atoms with van der Waals surface area (Å²) in [4.78, 5) is 11.9. The van der Waals surface area contributed by atoms with E-state index in [0.717, 1.165) is 12.1 Å². The molecule has 0 aromatic heterocycles. The van der Waals surface area contributed by atoms with E-state index in [2.05, 4.69) is 19.2 Å². The van der Waals surface area contributed by atoms with Gasteiger partial charge in [-0.1, -0.05) is 26.0 Å². The quantitative estimate of drug-likeness (QED) is 0.751. The van der Waals surface area contributed by atoms with Crippen LogP contribution in [0.2, 0.25) is 0 Å². The number of hydrogen-bond acceptors (Lipinski definition) is 3. The predicted octanol–water partition coefficient (Wildman–Crippen LogP) is 1.42. The van der Waals surface area contributed by atoms with Gasteiger partial charge in [0.1, 0.15) is 5.75 Å². The van der Waals surface area contributed by atoms with Crippen molar-refractivity contribution in [1.29, 1.82) is 0 Å². The third kappa shape index (κ3) is 3.70. The maximum atomic E-state index is 11.9. The van der Waals surface area contributed by atoms with Crippen molar-refractivity contribution >= 4 is 5.91 Å². The Hall–Kier alpha value is -1.55. The molecular weight excluding hydrogens is 240 g/mol. The van der Waals surface area contributed by atoms with E-state index < -0.39 is 6.04 Å². The van der Waals surface area contributed by atoms with Gasteiger partial charge in [-0.2, -0.15) is 0 Å². The number of aromatic hydroxyl groups is 1. The Morgan fingerprint density at radius 3 is 2.58 bits per heavy atom. The molecule has 1 aromatic rings. The van der Waals surface area contributed by atoms with Crippen LogP contribution >= 0.6 is 0 Å². The van der Waals surface area contributed by atoms with Crippen molar-refractivity contribution in [3.8, 4) is 5.75 Å². The van der Waals surface area contributed by atoms with Crippen LogP contribution in [0, 0.1) is 11.3 Å². The van der Waals surface area contributed by atoms with E-state index in [1.54, 1.807) is 24.3 Å². The minimum Gasteiger partial charge on any atom is -0.508 e. The third-order valence-corrected chi connectivity index (χ3v) is 3.97. The van der Waals surface area contributed by atoms with Gasteiger partial charge in [-0.05, 0) is 41.9 Å². The summed E-state index contributed by atoms with van der Waals surface area (Å²) in [6.45, 7) is 5.13. The van der Waals surface area contributed by atoms with E-state index in [-0.39, 0.29) is 11.7 Å². The molecule has 1 aromatic carbocycles. The fourth-order valence-corrected chi connectivity index (χ4v) is 2.26. The number of amides is 1. The summed E-state index contributed by atoms with van der Waals surface area (Å²) in [7, 11) is 0. The van der Waals surface area contributed by atoms with Crippen molar-refractivity contribution in [2.45, 2.75) is 32.7 Å². The second-order valence-electron chi connectivity index (χ2n) is 6.11. The van der Waals surface area contributed by atoms with E-state index in [1.165, 1.54) is 6.42 Å². The maximum absolute atomic E-state index is 11.9. The Bertz CT molecular complexity index is 454. The molecule has 2 rings (SSSR count). The van der Waals surface area contributed by atoms with Crippen LogP contribution in [0.3, 0.4) is 0 Å². The highest BCUT2D eigenvalue weighted by Gasteiger charge is 2.45. The molecule has 4 heteroatoms. The average Bonchev–Trinajstić information content (AvgIpc) is 2.97. The van der Waals surface area contributed by atoms with Gasteiger partial charge in [0.2, 0.25) is 5.91 Å². The molecule has 1 fully saturated rings. The number of rotatable bonds is 5. The summed E-state index contributed by atoms with van der Waals surface area (Å²) < 4.78 is 0. The first kappa shape index (κ1) is 13.9. The molecule has 1 unspecified atom stereocenters. The molecule has 1 aliphatic rings. The number of carbonyl (C=O) groups is 1. The highest BCUT2D eigenvalue weighted by molar-refractivity contribution is 5.81. The molecule has 104 valence electrons. The first-order valence-corrected chi connectivity index (χ1v) is 6.70. The van der Waals surface area contributed by atoms with Crippen LogP contribution < -0.4 is 11.1 Å². The Kier molecular flexibility index (Phi) is 3.80. The Morgan fingerprint density at radius 2 is 2.05 bits per heavy atom. The van der Waals surface area contributed by atoms with E-state index in [0.29, 0.717) is 17.8 Å². The van der Waals surface area contributed by atoms with E-state index >= 15 is 0 Å². The molecule has 0 heterocycles. The summed E-state index contributed by atoms with van der Waals surface area (Å²) in [6.07, 6.45) is 1.65. The first-order valence-electron chi connectivity index (χ1n) is 6.70. The van der Waals surface area contributed by atoms with Crippen LogP contribution in [0.5, 0.6) is 5.75 Å². The number of benzene rings is 1. The number of hydrogen-bond donors (Lipinski definition) is 3. The lowest BCUT2D eigenvalue weighted by atomic mass is 10.1. The van der Waals surface area contributed by atoms with Crippen molar-refractivity contribution in [1.82, 2.24) is 5.32 Å². The number of nitrogens with one attached hydrogen (secondary N) is 1. The van der Waals surface area contributed by atoms with Crippen molar-refractivity contribution in [3.05, 3.63) is 29.8 Å². The summed E-state index contributed by atoms with van der Waals surface area (Å²) in [6, 6.07) is 6.24. The molecule has 4 N–H and O–H groups in total. The first-order chi connectivity index (χ1) is 8.88. The average molecular weight is 262 g/mol. The molecule has 1 saturated carbocycles. The van der Waals surface area contributed by atoms with Crippen molar-refractivity contribution in [2.24, 2.45) is 17.1 Å². The molecule has 1 amide bonds.